The van der Waals surface area contributed by atoms with Crippen LogP contribution in [-0.2, 0) is 0 Å². The second-order valence-electron chi connectivity index (χ2n) is 6.39. The van der Waals surface area contributed by atoms with Crippen molar-refractivity contribution in [1.29, 1.82) is 0 Å². The molecular weight excluding hydrogens is 392 g/mol. The number of halogens is 2. The molecule has 0 saturated carbocycles. The number of rotatable bonds is 4. The maximum Gasteiger partial charge on any atom is 0.279 e. The minimum atomic E-state index is -0.922. The number of nitrogens with one attached hydrogen (secondary N) is 1. The Morgan fingerprint density at radius 3 is 2.50 bits per heavy atom. The average Bonchev–Trinajstić information content (AvgIpc) is 2.76. The normalized spacial score (nSPS) is 10.8. The first-order chi connectivity index (χ1) is 14.5. The van der Waals surface area contributed by atoms with Crippen LogP contribution in [0.5, 0.6) is 5.75 Å². The Hall–Kier alpha value is -4.07. The predicted octanol–water partition coefficient (Wildman–Crippen LogP) is 3.92. The molecule has 0 radical (unpaired) electrons. The summed E-state index contributed by atoms with van der Waals surface area (Å²) in [5, 5.41) is 7.18. The van der Waals surface area contributed by atoms with Gasteiger partial charge in [-0.3, -0.25) is 9.59 Å². The third-order valence-corrected chi connectivity index (χ3v) is 4.50. The fraction of sp³-hybridized carbons (Fsp3) is 0.0455. The van der Waals surface area contributed by atoms with Crippen molar-refractivity contribution >= 4 is 22.4 Å². The molecule has 8 heteroatoms. The Labute approximate surface area is 169 Å². The van der Waals surface area contributed by atoms with Crippen molar-refractivity contribution in [3.63, 3.8) is 0 Å². The van der Waals surface area contributed by atoms with E-state index in [0.717, 1.165) is 16.8 Å². The Bertz CT molecular complexity index is 1340. The Balaban J connectivity index is 1.87. The van der Waals surface area contributed by atoms with Crippen molar-refractivity contribution in [2.45, 2.75) is 0 Å². The van der Waals surface area contributed by atoms with Crippen LogP contribution in [0.25, 0.3) is 16.5 Å². The van der Waals surface area contributed by atoms with Crippen molar-refractivity contribution in [2.75, 3.05) is 12.4 Å². The summed E-state index contributed by atoms with van der Waals surface area (Å²) in [4.78, 5) is 25.9. The number of hydrogen-bond donors (Lipinski definition) is 1. The van der Waals surface area contributed by atoms with Gasteiger partial charge < -0.3 is 10.1 Å². The number of methoxy groups -OCH3 is 1. The van der Waals surface area contributed by atoms with Crippen molar-refractivity contribution in [1.82, 2.24) is 9.78 Å². The van der Waals surface area contributed by atoms with E-state index in [1.54, 1.807) is 48.5 Å². The van der Waals surface area contributed by atoms with Crippen LogP contribution in [0.2, 0.25) is 0 Å². The lowest BCUT2D eigenvalue weighted by Gasteiger charge is -2.12. The fourth-order valence-corrected chi connectivity index (χ4v) is 3.05. The molecule has 0 saturated heterocycles. The van der Waals surface area contributed by atoms with Crippen molar-refractivity contribution in [3.8, 4) is 11.4 Å². The standard InChI is InChI=1S/C22H15F2N3O3/c1-30-15-6-4-5-14(12-15)27-22(29)17-8-3-2-7-16(17)20(26-27)21(28)25-19-10-9-13(23)11-18(19)24/h2-12H,1H3,(H,25,28). The highest BCUT2D eigenvalue weighted by molar-refractivity contribution is 6.11. The summed E-state index contributed by atoms with van der Waals surface area (Å²) in [6.07, 6.45) is 0. The minimum Gasteiger partial charge on any atom is -0.497 e. The summed E-state index contributed by atoms with van der Waals surface area (Å²) in [6, 6.07) is 15.9. The molecule has 6 nitrogen and oxygen atoms in total. The zero-order valence-electron chi connectivity index (χ0n) is 15.7. The molecule has 30 heavy (non-hydrogen) atoms. The lowest BCUT2D eigenvalue weighted by Crippen LogP contribution is -2.26. The third-order valence-electron chi connectivity index (χ3n) is 4.50. The molecule has 0 aliphatic heterocycles. The summed E-state index contributed by atoms with van der Waals surface area (Å²) in [7, 11) is 1.49. The largest absolute Gasteiger partial charge is 0.497 e. The van der Waals surface area contributed by atoms with Gasteiger partial charge in [-0.05, 0) is 30.3 Å². The number of carbonyl (C=O) groups excluding carboxylic acids is 1. The van der Waals surface area contributed by atoms with E-state index in [9.17, 15) is 18.4 Å². The van der Waals surface area contributed by atoms with Gasteiger partial charge in [-0.25, -0.2) is 8.78 Å². The maximum absolute atomic E-state index is 14.0. The Kier molecular flexibility index (Phi) is 4.97. The number of carbonyl (C=O) groups is 1. The van der Waals surface area contributed by atoms with Crippen LogP contribution in [0.15, 0.2) is 71.5 Å². The highest BCUT2D eigenvalue weighted by atomic mass is 19.1. The van der Waals surface area contributed by atoms with E-state index >= 15 is 0 Å². The van der Waals surface area contributed by atoms with Crippen molar-refractivity contribution in [3.05, 3.63) is 94.4 Å². The van der Waals surface area contributed by atoms with E-state index in [2.05, 4.69) is 10.4 Å². The molecule has 0 bridgehead atoms. The van der Waals surface area contributed by atoms with Crippen molar-refractivity contribution < 1.29 is 18.3 Å². The minimum absolute atomic E-state index is 0.0863. The van der Waals surface area contributed by atoms with Gasteiger partial charge in [-0.2, -0.15) is 9.78 Å². The number of aromatic nitrogens is 2. The van der Waals surface area contributed by atoms with Gasteiger partial charge in [0.15, 0.2) is 5.69 Å². The highest BCUT2D eigenvalue weighted by Gasteiger charge is 2.19. The molecule has 150 valence electrons. The molecule has 3 aromatic carbocycles. The van der Waals surface area contributed by atoms with Crippen LogP contribution in [0.1, 0.15) is 10.5 Å². The highest BCUT2D eigenvalue weighted by Crippen LogP contribution is 2.20. The van der Waals surface area contributed by atoms with Crippen LogP contribution in [0.3, 0.4) is 0 Å². The zero-order chi connectivity index (χ0) is 21.3. The number of ether oxygens (including phenoxy) is 1. The van der Waals surface area contributed by atoms with E-state index in [1.165, 1.54) is 7.11 Å². The molecule has 0 aliphatic carbocycles. The topological polar surface area (TPSA) is 73.2 Å². The van der Waals surface area contributed by atoms with Crippen LogP contribution in [0.4, 0.5) is 14.5 Å². The van der Waals surface area contributed by atoms with E-state index in [1.807, 2.05) is 0 Å². The first-order valence-electron chi connectivity index (χ1n) is 8.91. The van der Waals surface area contributed by atoms with Crippen LogP contribution >= 0.6 is 0 Å². The molecular formula is C22H15F2N3O3. The third kappa shape index (κ3) is 3.50. The summed E-state index contributed by atoms with van der Waals surface area (Å²) in [6.45, 7) is 0. The summed E-state index contributed by atoms with van der Waals surface area (Å²) in [5.41, 5.74) is -0.321. The molecule has 0 aliphatic rings. The van der Waals surface area contributed by atoms with Gasteiger partial charge in [0, 0.05) is 17.5 Å². The fourth-order valence-electron chi connectivity index (χ4n) is 3.05. The number of nitrogens with zero attached hydrogens (tertiary/aromatic N) is 2. The van der Waals surface area contributed by atoms with Gasteiger partial charge in [-0.1, -0.05) is 24.3 Å². The van der Waals surface area contributed by atoms with E-state index < -0.39 is 23.1 Å². The van der Waals surface area contributed by atoms with Gasteiger partial charge in [0.1, 0.15) is 17.4 Å². The van der Waals surface area contributed by atoms with Gasteiger partial charge in [0.25, 0.3) is 11.5 Å². The van der Waals surface area contributed by atoms with Crippen LogP contribution in [-0.4, -0.2) is 22.8 Å². The lowest BCUT2D eigenvalue weighted by atomic mass is 10.1. The van der Waals surface area contributed by atoms with Gasteiger partial charge >= 0.3 is 0 Å². The Morgan fingerprint density at radius 2 is 1.77 bits per heavy atom. The number of fused-ring (bicyclic) bond motifs is 1. The Morgan fingerprint density at radius 1 is 1.00 bits per heavy atom. The number of benzene rings is 3. The molecule has 1 aromatic heterocycles. The molecule has 0 spiro atoms. The lowest BCUT2D eigenvalue weighted by molar-refractivity contribution is 0.102. The van der Waals surface area contributed by atoms with E-state index in [4.69, 9.17) is 4.74 Å². The first kappa shape index (κ1) is 19.3. The monoisotopic (exact) mass is 407 g/mol. The number of anilines is 1. The van der Waals surface area contributed by atoms with Crippen LogP contribution < -0.4 is 15.6 Å². The quantitative estimate of drug-likeness (QED) is 0.557. The summed E-state index contributed by atoms with van der Waals surface area (Å²) >= 11 is 0. The zero-order valence-corrected chi connectivity index (χ0v) is 15.7. The predicted molar refractivity (Wildman–Crippen MR) is 108 cm³/mol. The maximum atomic E-state index is 14.0. The van der Waals surface area contributed by atoms with Gasteiger partial charge in [0.2, 0.25) is 0 Å². The average molecular weight is 407 g/mol. The molecule has 4 aromatic rings. The number of hydrogen-bond acceptors (Lipinski definition) is 4. The molecule has 1 amide bonds. The summed E-state index contributed by atoms with van der Waals surface area (Å²) < 4.78 is 33.4. The second kappa shape index (κ2) is 7.75. The van der Waals surface area contributed by atoms with Gasteiger partial charge in [-0.15, -0.1) is 0 Å². The van der Waals surface area contributed by atoms with Crippen molar-refractivity contribution in [2.24, 2.45) is 0 Å². The molecule has 0 unspecified atom stereocenters. The summed E-state index contributed by atoms with van der Waals surface area (Å²) in [5.74, 6) is -1.92. The first-order valence-corrected chi connectivity index (χ1v) is 8.91. The molecule has 4 rings (SSSR count). The molecule has 0 atom stereocenters. The van der Waals surface area contributed by atoms with Crippen LogP contribution in [0, 0.1) is 11.6 Å². The molecule has 0 fully saturated rings. The van der Waals surface area contributed by atoms with E-state index in [0.29, 0.717) is 22.9 Å². The molecule has 1 heterocycles. The SMILES string of the molecule is COc1cccc(-n2nc(C(=O)Nc3ccc(F)cc3F)c3ccccc3c2=O)c1. The smallest absolute Gasteiger partial charge is 0.279 e. The van der Waals surface area contributed by atoms with Gasteiger partial charge in [0.05, 0.1) is 23.9 Å². The molecule has 1 N–H and O–H groups in total. The second-order valence-corrected chi connectivity index (χ2v) is 6.39. The number of amides is 1. The van der Waals surface area contributed by atoms with E-state index in [-0.39, 0.29) is 16.8 Å².